The average molecular weight is 284 g/mol. The van der Waals surface area contributed by atoms with Crippen LogP contribution in [0.15, 0.2) is 27.8 Å². The Bertz CT molecular complexity index is 820. The Morgan fingerprint density at radius 1 is 1.32 bits per heavy atom. The molecule has 0 radical (unpaired) electrons. The number of hydrogen-bond acceptors (Lipinski definition) is 3. The number of aromatic amines is 1. The van der Waals surface area contributed by atoms with Gasteiger partial charge in [-0.3, -0.25) is 9.78 Å². The van der Waals surface area contributed by atoms with Gasteiger partial charge in [-0.05, 0) is 18.2 Å². The summed E-state index contributed by atoms with van der Waals surface area (Å²) in [6.45, 7) is 0. The Balaban J connectivity index is 2.81. The lowest BCUT2D eigenvalue weighted by Crippen LogP contribution is -2.36. The molecule has 0 spiro atoms. The maximum absolute atomic E-state index is 13.7. The van der Waals surface area contributed by atoms with Gasteiger partial charge < -0.3 is 0 Å². The second-order valence-corrected chi connectivity index (χ2v) is 3.85. The number of H-pyrrole nitrogens is 1. The Morgan fingerprint density at radius 2 is 2.00 bits per heavy atom. The fourth-order valence-corrected chi connectivity index (χ4v) is 1.63. The number of nitrogens with one attached hydrogen (secondary N) is 1. The number of rotatable bonds is 1. The normalized spacial score (nSPS) is 10.2. The van der Waals surface area contributed by atoms with E-state index in [1.165, 1.54) is 6.07 Å². The summed E-state index contributed by atoms with van der Waals surface area (Å²) in [6, 6.07) is 4.73. The molecule has 1 aromatic carbocycles. The fourth-order valence-electron chi connectivity index (χ4n) is 1.47. The molecule has 0 bridgehead atoms. The van der Waals surface area contributed by atoms with Crippen LogP contribution in [0.1, 0.15) is 5.56 Å². The molecule has 0 unspecified atom stereocenters. The van der Waals surface area contributed by atoms with Gasteiger partial charge in [0.1, 0.15) is 5.82 Å². The number of nitriles is 1. The Kier molecular flexibility index (Phi) is 3.19. The van der Waals surface area contributed by atoms with E-state index >= 15 is 0 Å². The van der Waals surface area contributed by atoms with Gasteiger partial charge in [-0.2, -0.15) is 9.65 Å². The third-order valence-corrected chi connectivity index (χ3v) is 2.58. The van der Waals surface area contributed by atoms with Crippen molar-refractivity contribution >= 4 is 11.6 Å². The van der Waals surface area contributed by atoms with Crippen molar-refractivity contribution in [3.63, 3.8) is 0 Å². The maximum Gasteiger partial charge on any atom is 0.334 e. The van der Waals surface area contributed by atoms with Crippen LogP contribution in [-0.2, 0) is 0 Å². The molecule has 2 aromatic rings. The molecular weight excluding hydrogens is 280 g/mol. The van der Waals surface area contributed by atoms with Crippen LogP contribution in [0.25, 0.3) is 5.69 Å². The van der Waals surface area contributed by atoms with E-state index in [0.29, 0.717) is 0 Å². The van der Waals surface area contributed by atoms with Crippen LogP contribution in [0.2, 0.25) is 5.15 Å². The first-order chi connectivity index (χ1) is 8.95. The Labute approximate surface area is 109 Å². The molecule has 0 amide bonds. The molecule has 0 saturated carbocycles. The third kappa shape index (κ3) is 2.13. The smallest absolute Gasteiger partial charge is 0.295 e. The van der Waals surface area contributed by atoms with Gasteiger partial charge in [-0.25, -0.2) is 13.8 Å². The molecule has 5 nitrogen and oxygen atoms in total. The Hall–Kier alpha value is -2.46. The second-order valence-electron chi connectivity index (χ2n) is 3.48. The van der Waals surface area contributed by atoms with Gasteiger partial charge >= 0.3 is 5.69 Å². The van der Waals surface area contributed by atoms with Gasteiger partial charge in [0.15, 0.2) is 5.15 Å². The van der Waals surface area contributed by atoms with E-state index in [2.05, 4.69) is 0 Å². The van der Waals surface area contributed by atoms with Crippen molar-refractivity contribution in [2.75, 3.05) is 0 Å². The van der Waals surface area contributed by atoms with Crippen LogP contribution in [-0.4, -0.2) is 9.55 Å². The average Bonchev–Trinajstić information content (AvgIpc) is 2.38. The van der Waals surface area contributed by atoms with Crippen LogP contribution in [0.4, 0.5) is 8.78 Å². The molecule has 0 saturated heterocycles. The zero-order valence-electron chi connectivity index (χ0n) is 9.08. The highest BCUT2D eigenvalue weighted by molar-refractivity contribution is 6.29. The van der Waals surface area contributed by atoms with Crippen LogP contribution in [0.5, 0.6) is 0 Å². The highest BCUT2D eigenvalue weighted by Gasteiger charge is 2.16. The van der Waals surface area contributed by atoms with Gasteiger partial charge in [-0.1, -0.05) is 11.6 Å². The number of aromatic nitrogens is 2. The molecule has 0 aliphatic rings. The molecule has 8 heteroatoms. The van der Waals surface area contributed by atoms with Gasteiger partial charge in [0.25, 0.3) is 5.56 Å². The number of nitrogens with zero attached hydrogens (tertiary/aromatic N) is 2. The second kappa shape index (κ2) is 4.66. The zero-order valence-corrected chi connectivity index (χ0v) is 9.83. The largest absolute Gasteiger partial charge is 0.334 e. The van der Waals surface area contributed by atoms with Crippen molar-refractivity contribution in [3.05, 3.63) is 61.4 Å². The van der Waals surface area contributed by atoms with E-state index in [1.807, 2.05) is 4.98 Å². The van der Waals surface area contributed by atoms with Gasteiger partial charge in [0, 0.05) is 0 Å². The van der Waals surface area contributed by atoms with E-state index in [4.69, 9.17) is 16.9 Å². The predicted octanol–water partition coefficient (Wildman–Crippen LogP) is 1.33. The lowest BCUT2D eigenvalue weighted by Gasteiger charge is -2.06. The minimum absolute atomic E-state index is 0.000151. The SMILES string of the molecule is N#Cc1ccc(-n2c(=O)[nH]c(Cl)c(F)c2=O)c(F)c1. The van der Waals surface area contributed by atoms with Crippen molar-refractivity contribution in [2.24, 2.45) is 0 Å². The van der Waals surface area contributed by atoms with Crippen molar-refractivity contribution in [3.8, 4) is 11.8 Å². The maximum atomic E-state index is 13.7. The summed E-state index contributed by atoms with van der Waals surface area (Å²) in [6.07, 6.45) is 0. The van der Waals surface area contributed by atoms with Gasteiger partial charge in [0.2, 0.25) is 5.82 Å². The van der Waals surface area contributed by atoms with Gasteiger partial charge in [-0.15, -0.1) is 0 Å². The summed E-state index contributed by atoms with van der Waals surface area (Å²) in [7, 11) is 0. The number of benzene rings is 1. The topological polar surface area (TPSA) is 78.7 Å². The summed E-state index contributed by atoms with van der Waals surface area (Å²) in [4.78, 5) is 25.0. The third-order valence-electron chi connectivity index (χ3n) is 2.32. The first-order valence-electron chi connectivity index (χ1n) is 4.86. The minimum Gasteiger partial charge on any atom is -0.295 e. The summed E-state index contributed by atoms with van der Waals surface area (Å²) < 4.78 is 27.3. The van der Waals surface area contributed by atoms with Crippen LogP contribution in [0, 0.1) is 23.0 Å². The molecular formula is C11H4ClF2N3O2. The summed E-state index contributed by atoms with van der Waals surface area (Å²) in [5, 5.41) is 7.83. The first kappa shape index (κ1) is 13.0. The van der Waals surface area contributed by atoms with Crippen molar-refractivity contribution in [2.45, 2.75) is 0 Å². The molecule has 0 aliphatic heterocycles. The summed E-state index contributed by atoms with van der Waals surface area (Å²) in [5.74, 6) is -2.40. The molecule has 96 valence electrons. The molecule has 0 fully saturated rings. The lowest BCUT2D eigenvalue weighted by molar-refractivity contribution is 0.571. The summed E-state index contributed by atoms with van der Waals surface area (Å²) in [5.41, 5.74) is -2.93. The van der Waals surface area contributed by atoms with Crippen molar-refractivity contribution < 1.29 is 8.78 Å². The van der Waals surface area contributed by atoms with Crippen LogP contribution < -0.4 is 11.2 Å². The number of halogens is 3. The molecule has 0 aliphatic carbocycles. The number of hydrogen-bond donors (Lipinski definition) is 1. The monoisotopic (exact) mass is 283 g/mol. The molecule has 1 heterocycles. The molecule has 19 heavy (non-hydrogen) atoms. The highest BCUT2D eigenvalue weighted by Crippen LogP contribution is 2.13. The quantitative estimate of drug-likeness (QED) is 0.802. The van der Waals surface area contributed by atoms with Crippen LogP contribution >= 0.6 is 11.6 Å². The molecule has 1 aromatic heterocycles. The van der Waals surface area contributed by atoms with E-state index in [-0.39, 0.29) is 10.1 Å². The molecule has 1 N–H and O–H groups in total. The molecule has 2 rings (SSSR count). The lowest BCUT2D eigenvalue weighted by atomic mass is 10.2. The van der Waals surface area contributed by atoms with E-state index < -0.39 is 33.7 Å². The minimum atomic E-state index is -1.40. The predicted molar refractivity (Wildman–Crippen MR) is 62.3 cm³/mol. The van der Waals surface area contributed by atoms with E-state index in [9.17, 15) is 18.4 Å². The van der Waals surface area contributed by atoms with E-state index in [0.717, 1.165) is 12.1 Å². The molecule has 0 atom stereocenters. The van der Waals surface area contributed by atoms with Crippen molar-refractivity contribution in [1.82, 2.24) is 9.55 Å². The first-order valence-corrected chi connectivity index (χ1v) is 5.24. The highest BCUT2D eigenvalue weighted by atomic mass is 35.5. The zero-order chi connectivity index (χ0) is 14.2. The van der Waals surface area contributed by atoms with Gasteiger partial charge in [0.05, 0.1) is 17.3 Å². The Morgan fingerprint density at radius 3 is 2.58 bits per heavy atom. The van der Waals surface area contributed by atoms with E-state index in [1.54, 1.807) is 6.07 Å². The summed E-state index contributed by atoms with van der Waals surface area (Å²) >= 11 is 5.29. The fraction of sp³-hybridized carbons (Fsp3) is 0. The van der Waals surface area contributed by atoms with Crippen LogP contribution in [0.3, 0.4) is 0 Å². The van der Waals surface area contributed by atoms with Crippen molar-refractivity contribution in [1.29, 1.82) is 5.26 Å². The standard InChI is InChI=1S/C11H4ClF2N3O2/c12-9-8(14)10(18)17(11(19)16-9)7-2-1-5(4-15)3-6(7)13/h1-3H,(H,16,19).